The lowest BCUT2D eigenvalue weighted by atomic mass is 10.2. The zero-order valence-corrected chi connectivity index (χ0v) is 16.0. The van der Waals surface area contributed by atoms with Gasteiger partial charge in [-0.1, -0.05) is 28.4 Å². The number of benzene rings is 1. The first kappa shape index (κ1) is 20.0. The summed E-state index contributed by atoms with van der Waals surface area (Å²) >= 11 is 14.0. The zero-order valence-electron chi connectivity index (χ0n) is 12.9. The fourth-order valence-corrected chi connectivity index (χ4v) is 2.53. The van der Waals surface area contributed by atoms with Crippen molar-refractivity contribution in [1.29, 1.82) is 0 Å². The van der Waals surface area contributed by atoms with Crippen molar-refractivity contribution in [3.8, 4) is 0 Å². The van der Waals surface area contributed by atoms with Crippen LogP contribution in [0.2, 0.25) is 10.0 Å². The fourth-order valence-electron chi connectivity index (χ4n) is 1.28. The van der Waals surface area contributed by atoms with E-state index in [4.69, 9.17) is 28.0 Å². The summed E-state index contributed by atoms with van der Waals surface area (Å²) in [5.74, 6) is -0.375. The topological polar surface area (TPSA) is 62.2 Å². The maximum atomic E-state index is 12.3. The van der Waals surface area contributed by atoms with Gasteiger partial charge >= 0.3 is 6.09 Å². The summed E-state index contributed by atoms with van der Waals surface area (Å²) in [4.78, 5) is 28.8. The molecule has 0 aliphatic carbocycles. The number of halogens is 2. The van der Waals surface area contributed by atoms with Gasteiger partial charge in [0.25, 0.3) is 5.91 Å². The highest BCUT2D eigenvalue weighted by atomic mass is 35.5. The molecule has 0 N–H and O–H groups in total. The second-order valence-electron chi connectivity index (χ2n) is 4.18. The predicted molar refractivity (Wildman–Crippen MR) is 97.0 cm³/mol. The van der Waals surface area contributed by atoms with E-state index in [1.807, 2.05) is 6.26 Å². The number of thioether (sulfide) groups is 1. The Balaban J connectivity index is 2.69. The number of hydrogen-bond donors (Lipinski definition) is 0. The van der Waals surface area contributed by atoms with Crippen LogP contribution in [0.25, 0.3) is 0 Å². The van der Waals surface area contributed by atoms with Crippen LogP contribution in [0.4, 0.5) is 4.79 Å². The third kappa shape index (κ3) is 6.14. The van der Waals surface area contributed by atoms with E-state index in [2.05, 4.69) is 5.16 Å². The Morgan fingerprint density at radius 2 is 1.87 bits per heavy atom. The van der Waals surface area contributed by atoms with Crippen LogP contribution in [0.15, 0.2) is 23.4 Å². The molecule has 0 aliphatic rings. The molecule has 2 amide bonds. The molecule has 0 radical (unpaired) electrons. The molecule has 0 saturated carbocycles. The van der Waals surface area contributed by atoms with Gasteiger partial charge in [0.15, 0.2) is 0 Å². The van der Waals surface area contributed by atoms with Crippen molar-refractivity contribution in [2.75, 3.05) is 20.4 Å². The van der Waals surface area contributed by atoms with Crippen molar-refractivity contribution in [1.82, 2.24) is 8.61 Å². The molecule has 23 heavy (non-hydrogen) atoms. The molecule has 6 nitrogen and oxygen atoms in total. The molecule has 0 heterocycles. The summed E-state index contributed by atoms with van der Waals surface area (Å²) in [7, 11) is 2.97. The minimum atomic E-state index is -0.703. The van der Waals surface area contributed by atoms with Gasteiger partial charge < -0.3 is 0 Å². The van der Waals surface area contributed by atoms with Crippen molar-refractivity contribution in [3.63, 3.8) is 0 Å². The normalized spacial score (nSPS) is 11.1. The number of carbonyl (C=O) groups is 2. The molecule has 0 fully saturated rings. The molecule has 0 atom stereocenters. The van der Waals surface area contributed by atoms with Gasteiger partial charge in [0.05, 0.1) is 22.7 Å². The van der Waals surface area contributed by atoms with Gasteiger partial charge in [-0.15, -0.1) is 11.8 Å². The molecule has 0 saturated heterocycles. The van der Waals surface area contributed by atoms with Crippen LogP contribution >= 0.6 is 47.1 Å². The Morgan fingerprint density at radius 1 is 1.22 bits per heavy atom. The van der Waals surface area contributed by atoms with E-state index < -0.39 is 6.09 Å². The summed E-state index contributed by atoms with van der Waals surface area (Å²) in [6, 6.07) is 4.57. The summed E-state index contributed by atoms with van der Waals surface area (Å²) in [5.41, 5.74) is 0.282. The Bertz CT molecular complexity index is 628. The predicted octanol–water partition coefficient (Wildman–Crippen LogP) is 4.39. The van der Waals surface area contributed by atoms with Gasteiger partial charge in [0, 0.05) is 19.1 Å². The average Bonchev–Trinajstić information content (AvgIpc) is 2.51. The average molecular weight is 396 g/mol. The molecular weight excluding hydrogens is 381 g/mol. The summed E-state index contributed by atoms with van der Waals surface area (Å²) in [6.07, 6.45) is 1.11. The van der Waals surface area contributed by atoms with Crippen LogP contribution in [0.1, 0.15) is 17.3 Å². The first-order valence-corrected chi connectivity index (χ1v) is 8.91. The van der Waals surface area contributed by atoms with Crippen molar-refractivity contribution in [2.45, 2.75) is 6.92 Å². The van der Waals surface area contributed by atoms with Crippen LogP contribution in [0.5, 0.6) is 0 Å². The molecule has 126 valence electrons. The van der Waals surface area contributed by atoms with Crippen molar-refractivity contribution < 1.29 is 14.4 Å². The largest absolute Gasteiger partial charge is 0.447 e. The van der Waals surface area contributed by atoms with E-state index in [1.54, 1.807) is 13.0 Å². The van der Waals surface area contributed by atoms with Gasteiger partial charge in [0.2, 0.25) is 0 Å². The van der Waals surface area contributed by atoms with Crippen LogP contribution in [-0.2, 0) is 4.84 Å². The van der Waals surface area contributed by atoms with E-state index in [-0.39, 0.29) is 16.5 Å². The number of oxime groups is 1. The van der Waals surface area contributed by atoms with Gasteiger partial charge in [-0.3, -0.25) is 13.9 Å². The number of carbonyl (C=O) groups excluding carboxylic acids is 2. The van der Waals surface area contributed by atoms with Crippen LogP contribution in [-0.4, -0.2) is 46.0 Å². The lowest BCUT2D eigenvalue weighted by Crippen LogP contribution is -2.29. The van der Waals surface area contributed by atoms with E-state index in [9.17, 15) is 9.59 Å². The van der Waals surface area contributed by atoms with Crippen molar-refractivity contribution >= 4 is 64.1 Å². The monoisotopic (exact) mass is 395 g/mol. The summed E-state index contributed by atoms with van der Waals surface area (Å²) < 4.78 is 2.39. The number of hydrogen-bond acceptors (Lipinski definition) is 6. The van der Waals surface area contributed by atoms with Gasteiger partial charge in [-0.25, -0.2) is 9.10 Å². The minimum Gasteiger partial charge on any atom is -0.296 e. The van der Waals surface area contributed by atoms with E-state index in [0.717, 1.165) is 16.4 Å². The molecule has 0 aromatic heterocycles. The second kappa shape index (κ2) is 9.27. The highest BCUT2D eigenvalue weighted by Gasteiger charge is 2.21. The number of amides is 2. The Kier molecular flexibility index (Phi) is 8.04. The smallest absolute Gasteiger partial charge is 0.296 e. The maximum absolute atomic E-state index is 12.3. The molecule has 10 heteroatoms. The lowest BCUT2D eigenvalue weighted by Gasteiger charge is -2.21. The maximum Gasteiger partial charge on any atom is 0.447 e. The van der Waals surface area contributed by atoms with Crippen molar-refractivity contribution in [2.24, 2.45) is 5.16 Å². The molecule has 1 aromatic rings. The Labute approximate surface area is 153 Å². The quantitative estimate of drug-likeness (QED) is 0.248. The first-order valence-electron chi connectivity index (χ1n) is 6.20. The third-order valence-electron chi connectivity index (χ3n) is 2.50. The van der Waals surface area contributed by atoms with Gasteiger partial charge in [-0.2, -0.15) is 0 Å². The van der Waals surface area contributed by atoms with E-state index in [1.165, 1.54) is 42.3 Å². The van der Waals surface area contributed by atoms with Crippen LogP contribution in [0.3, 0.4) is 0 Å². The highest BCUT2D eigenvalue weighted by molar-refractivity contribution is 8.13. The number of nitrogens with zero attached hydrogens (tertiary/aromatic N) is 3. The summed E-state index contributed by atoms with van der Waals surface area (Å²) in [6.45, 7) is 1.71. The summed E-state index contributed by atoms with van der Waals surface area (Å²) in [5, 5.41) is 4.91. The SMILES string of the molecule is CS/C(C)=N\OC(=O)N(C)SN(C)C(=O)c1ccc(Cl)cc1Cl. The molecule has 1 rings (SSSR count). The second-order valence-corrected chi connectivity index (χ2v) is 7.28. The first-order chi connectivity index (χ1) is 10.8. The minimum absolute atomic E-state index is 0.236. The van der Waals surface area contributed by atoms with Gasteiger partial charge in [-0.05, 0) is 31.4 Å². The number of rotatable bonds is 4. The molecular formula is C13H15Cl2N3O3S2. The third-order valence-corrected chi connectivity index (χ3v) is 4.52. The molecule has 0 spiro atoms. The van der Waals surface area contributed by atoms with E-state index >= 15 is 0 Å². The van der Waals surface area contributed by atoms with Crippen LogP contribution in [0, 0.1) is 0 Å². The Hall–Kier alpha value is -1.09. The molecule has 1 aromatic carbocycles. The lowest BCUT2D eigenvalue weighted by molar-refractivity contribution is 0.0888. The Morgan fingerprint density at radius 3 is 2.43 bits per heavy atom. The van der Waals surface area contributed by atoms with Gasteiger partial charge in [0.1, 0.15) is 5.04 Å². The molecule has 0 bridgehead atoms. The highest BCUT2D eigenvalue weighted by Crippen LogP contribution is 2.24. The fraction of sp³-hybridized carbons (Fsp3) is 0.308. The molecule has 0 unspecified atom stereocenters. The molecule has 0 aliphatic heterocycles. The van der Waals surface area contributed by atoms with Crippen LogP contribution < -0.4 is 0 Å². The zero-order chi connectivity index (χ0) is 17.6. The van der Waals surface area contributed by atoms with Crippen molar-refractivity contribution in [3.05, 3.63) is 33.8 Å². The van der Waals surface area contributed by atoms with E-state index in [0.29, 0.717) is 10.1 Å². The standard InChI is InChI=1S/C13H15Cl2N3O3S2/c1-8(22-4)16-21-13(20)18(3)23-17(2)12(19)10-6-5-9(14)7-11(10)15/h5-7H,1-4H3/b16-8-.